The van der Waals surface area contributed by atoms with E-state index in [1.165, 1.54) is 0 Å². The van der Waals surface area contributed by atoms with Crippen molar-refractivity contribution < 1.29 is 9.47 Å². The van der Waals surface area contributed by atoms with Crippen molar-refractivity contribution in [1.82, 2.24) is 29.9 Å². The second-order valence-electron chi connectivity index (χ2n) is 11.2. The molecule has 8 aromatic rings. The van der Waals surface area contributed by atoms with Crippen molar-refractivity contribution in [3.05, 3.63) is 149 Å². The van der Waals surface area contributed by atoms with E-state index < -0.39 is 0 Å². The third kappa shape index (κ3) is 10.1. The number of aromatic nitrogens is 6. The van der Waals surface area contributed by atoms with E-state index in [-0.39, 0.29) is 7.43 Å². The van der Waals surface area contributed by atoms with Crippen molar-refractivity contribution >= 4 is 73.8 Å². The van der Waals surface area contributed by atoms with Crippen molar-refractivity contribution in [1.29, 1.82) is 0 Å². The number of ether oxygens (including phenoxy) is 2. The first kappa shape index (κ1) is 39.1. The molecule has 0 saturated heterocycles. The number of anilines is 3. The summed E-state index contributed by atoms with van der Waals surface area (Å²) in [6.45, 7) is 0. The number of nitrogens with one attached hydrogen (secondary N) is 1. The molecule has 0 saturated carbocycles. The predicted octanol–water partition coefficient (Wildman–Crippen LogP) is 11.0. The van der Waals surface area contributed by atoms with E-state index in [0.29, 0.717) is 27.6 Å². The Morgan fingerprint density at radius 1 is 0.574 bits per heavy atom. The van der Waals surface area contributed by atoms with Crippen LogP contribution < -0.4 is 20.5 Å². The van der Waals surface area contributed by atoms with Crippen LogP contribution in [0.25, 0.3) is 44.6 Å². The number of nitrogen functional groups attached to an aromatic ring is 1. The number of hydrogen-bond donors (Lipinski definition) is 2. The standard InChI is InChI=1S/C20H15ClN4O.C14H10ClN3O.C6H6ClN.CH4/c1-26-16-8-9-18-17(11-16)20(23-15-6-4-14(21)5-7-15)25-19(24-18)13-3-2-10-22-12-13;1-19-10-4-5-12-11(7-10)13(15)18-14(17-12)9-3-2-6-16-8-9;7-5-1-3-6(8)4-2-5;/h2-12H,1H3,(H,23,24,25);2-8H,1H3;1-4H,8H2;1H4. The minimum Gasteiger partial charge on any atom is -0.497 e. The number of benzene rings is 4. The van der Waals surface area contributed by atoms with Crippen LogP contribution in [0.15, 0.2) is 134 Å². The number of nitrogens with zero attached hydrogens (tertiary/aromatic N) is 6. The second-order valence-corrected chi connectivity index (χ2v) is 12.4. The van der Waals surface area contributed by atoms with Crippen LogP contribution in [0, 0.1) is 0 Å². The summed E-state index contributed by atoms with van der Waals surface area (Å²) in [6.07, 6.45) is 6.89. The van der Waals surface area contributed by atoms with Gasteiger partial charge in [0.15, 0.2) is 11.6 Å². The molecule has 0 fully saturated rings. The van der Waals surface area contributed by atoms with Gasteiger partial charge in [0.2, 0.25) is 0 Å². The molecule has 54 heavy (non-hydrogen) atoms. The van der Waals surface area contributed by atoms with Gasteiger partial charge in [-0.2, -0.15) is 0 Å². The third-order valence-corrected chi connectivity index (χ3v) is 8.37. The maximum Gasteiger partial charge on any atom is 0.163 e. The van der Waals surface area contributed by atoms with Crippen LogP contribution in [0.2, 0.25) is 15.2 Å². The highest BCUT2D eigenvalue weighted by molar-refractivity contribution is 6.34. The Hall–Kier alpha value is -6.07. The van der Waals surface area contributed by atoms with Gasteiger partial charge in [0, 0.05) is 68.1 Å². The molecule has 0 aliphatic carbocycles. The Morgan fingerprint density at radius 2 is 1.07 bits per heavy atom. The molecule has 8 rings (SSSR count). The number of pyridine rings is 2. The fraction of sp³-hybridized carbons (Fsp3) is 0.0732. The SMILES string of the molecule is C.COc1ccc2nc(-c3cccnc3)nc(Cl)c2c1.COc1ccc2nc(-c3cccnc3)nc(Nc3ccc(Cl)cc3)c2c1.Nc1ccc(Cl)cc1. The fourth-order valence-electron chi connectivity index (χ4n) is 4.91. The molecule has 4 aromatic heterocycles. The lowest BCUT2D eigenvalue weighted by Gasteiger charge is -2.12. The Morgan fingerprint density at radius 3 is 1.57 bits per heavy atom. The zero-order valence-corrected chi connectivity index (χ0v) is 30.7. The molecule has 0 radical (unpaired) electrons. The normalized spacial score (nSPS) is 10.2. The van der Waals surface area contributed by atoms with Gasteiger partial charge in [0.1, 0.15) is 22.5 Å². The molecular weight excluding hydrogens is 743 g/mol. The van der Waals surface area contributed by atoms with E-state index in [1.807, 2.05) is 84.9 Å². The summed E-state index contributed by atoms with van der Waals surface area (Å²) in [5, 5.41) is 6.80. The number of methoxy groups -OCH3 is 2. The smallest absolute Gasteiger partial charge is 0.163 e. The minimum atomic E-state index is 0. The largest absolute Gasteiger partial charge is 0.497 e. The zero-order chi connectivity index (χ0) is 37.2. The number of halogens is 3. The topological polar surface area (TPSA) is 134 Å². The summed E-state index contributed by atoms with van der Waals surface area (Å²) in [6, 6.07) is 33.3. The minimum absolute atomic E-state index is 0. The fourth-order valence-corrected chi connectivity index (χ4v) is 5.39. The van der Waals surface area contributed by atoms with Gasteiger partial charge in [-0.1, -0.05) is 42.2 Å². The lowest BCUT2D eigenvalue weighted by molar-refractivity contribution is 0.415. The van der Waals surface area contributed by atoms with Gasteiger partial charge in [-0.3, -0.25) is 9.97 Å². The first-order valence-electron chi connectivity index (χ1n) is 16.0. The van der Waals surface area contributed by atoms with Crippen LogP contribution >= 0.6 is 34.8 Å². The summed E-state index contributed by atoms with van der Waals surface area (Å²) in [7, 11) is 3.25. The van der Waals surface area contributed by atoms with Crippen LogP contribution in [0.4, 0.5) is 17.2 Å². The predicted molar refractivity (Wildman–Crippen MR) is 221 cm³/mol. The first-order valence-corrected chi connectivity index (χ1v) is 17.1. The van der Waals surface area contributed by atoms with Crippen molar-refractivity contribution in [3.8, 4) is 34.3 Å². The van der Waals surface area contributed by atoms with Gasteiger partial charge in [-0.15, -0.1) is 0 Å². The highest BCUT2D eigenvalue weighted by Gasteiger charge is 2.12. The van der Waals surface area contributed by atoms with Crippen LogP contribution in [-0.2, 0) is 0 Å². The highest BCUT2D eigenvalue weighted by atomic mass is 35.5. The molecule has 0 aliphatic rings. The Labute approximate surface area is 328 Å². The molecule has 4 aromatic carbocycles. The molecule has 0 atom stereocenters. The van der Waals surface area contributed by atoms with E-state index in [2.05, 4.69) is 30.2 Å². The van der Waals surface area contributed by atoms with Crippen LogP contribution in [0.3, 0.4) is 0 Å². The van der Waals surface area contributed by atoms with Gasteiger partial charge in [0.05, 0.1) is 25.3 Å². The van der Waals surface area contributed by atoms with Crippen molar-refractivity contribution in [2.45, 2.75) is 7.43 Å². The Kier molecular flexibility index (Phi) is 13.5. The maximum absolute atomic E-state index is 6.21. The molecule has 272 valence electrons. The van der Waals surface area contributed by atoms with Gasteiger partial charge < -0.3 is 20.5 Å². The molecule has 4 heterocycles. The Bertz CT molecular complexity index is 2420. The average Bonchev–Trinajstić information content (AvgIpc) is 3.20. The maximum atomic E-state index is 6.21. The van der Waals surface area contributed by atoms with Gasteiger partial charge >= 0.3 is 0 Å². The van der Waals surface area contributed by atoms with Gasteiger partial charge in [0.25, 0.3) is 0 Å². The molecule has 0 unspecified atom stereocenters. The zero-order valence-electron chi connectivity index (χ0n) is 28.4. The van der Waals surface area contributed by atoms with Crippen molar-refractivity contribution in [3.63, 3.8) is 0 Å². The first-order chi connectivity index (χ1) is 25.8. The molecule has 3 N–H and O–H groups in total. The van der Waals surface area contributed by atoms with E-state index in [9.17, 15) is 0 Å². The van der Waals surface area contributed by atoms with E-state index in [1.54, 1.807) is 63.3 Å². The molecule has 0 bridgehead atoms. The molecule has 0 aliphatic heterocycles. The summed E-state index contributed by atoms with van der Waals surface area (Å²) in [4.78, 5) is 26.4. The van der Waals surface area contributed by atoms with E-state index in [4.69, 9.17) is 55.0 Å². The molecule has 0 spiro atoms. The average molecular weight is 778 g/mol. The second kappa shape index (κ2) is 18.6. The monoisotopic (exact) mass is 776 g/mol. The quantitative estimate of drug-likeness (QED) is 0.124. The van der Waals surface area contributed by atoms with Crippen LogP contribution in [-0.4, -0.2) is 44.1 Å². The third-order valence-electron chi connectivity index (χ3n) is 7.58. The van der Waals surface area contributed by atoms with E-state index in [0.717, 1.165) is 60.8 Å². The van der Waals surface area contributed by atoms with Crippen LogP contribution in [0.1, 0.15) is 7.43 Å². The lowest BCUT2D eigenvalue weighted by atomic mass is 10.2. The molecule has 0 amide bonds. The van der Waals surface area contributed by atoms with Crippen molar-refractivity contribution in [2.24, 2.45) is 0 Å². The highest BCUT2D eigenvalue weighted by Crippen LogP contribution is 2.31. The summed E-state index contributed by atoms with van der Waals surface area (Å²) in [5.41, 5.74) is 10.3. The summed E-state index contributed by atoms with van der Waals surface area (Å²) < 4.78 is 10.5. The Balaban J connectivity index is 0.000000175. The summed E-state index contributed by atoms with van der Waals surface area (Å²) >= 11 is 17.7. The molecular formula is C41H35Cl3N8O2. The van der Waals surface area contributed by atoms with Crippen LogP contribution in [0.5, 0.6) is 11.5 Å². The number of nitrogens with two attached hydrogens (primary N) is 1. The van der Waals surface area contributed by atoms with Gasteiger partial charge in [-0.25, -0.2) is 19.9 Å². The lowest BCUT2D eigenvalue weighted by Crippen LogP contribution is -2.00. The van der Waals surface area contributed by atoms with Gasteiger partial charge in [-0.05, 0) is 109 Å². The molecule has 10 nitrogen and oxygen atoms in total. The van der Waals surface area contributed by atoms with Crippen molar-refractivity contribution in [2.75, 3.05) is 25.3 Å². The van der Waals surface area contributed by atoms with E-state index >= 15 is 0 Å². The molecule has 13 heteroatoms. The summed E-state index contributed by atoms with van der Waals surface area (Å²) in [5.74, 6) is 3.33. The number of rotatable bonds is 6. The number of hydrogen-bond acceptors (Lipinski definition) is 10. The number of fused-ring (bicyclic) bond motifs is 2.